The van der Waals surface area contributed by atoms with Crippen molar-refractivity contribution in [2.24, 2.45) is 16.9 Å². The van der Waals surface area contributed by atoms with Gasteiger partial charge in [0.05, 0.1) is 36.4 Å². The fourth-order valence-corrected chi connectivity index (χ4v) is 5.72. The molecule has 0 saturated carbocycles. The molecule has 0 spiro atoms. The molecule has 4 atom stereocenters. The molecule has 37 heavy (non-hydrogen) atoms. The number of imide groups is 1. The Kier molecular flexibility index (Phi) is 5.83. The Hall–Kier alpha value is -4.26. The van der Waals surface area contributed by atoms with Crippen LogP contribution in [0.1, 0.15) is 47.3 Å². The van der Waals surface area contributed by atoms with E-state index >= 15 is 0 Å². The van der Waals surface area contributed by atoms with Gasteiger partial charge in [-0.1, -0.05) is 67.9 Å². The lowest BCUT2D eigenvalue weighted by atomic mass is 9.83. The first kappa shape index (κ1) is 23.2. The first-order valence-corrected chi connectivity index (χ1v) is 12.7. The van der Waals surface area contributed by atoms with Crippen molar-refractivity contribution < 1.29 is 19.1 Å². The summed E-state index contributed by atoms with van der Waals surface area (Å²) in [7, 11) is 0. The second-order valence-corrected chi connectivity index (χ2v) is 9.63. The molecule has 3 aromatic rings. The predicted molar refractivity (Wildman–Crippen MR) is 139 cm³/mol. The number of nitrogens with zero attached hydrogens (tertiary/aromatic N) is 3. The van der Waals surface area contributed by atoms with Crippen LogP contribution in [0, 0.1) is 11.8 Å². The zero-order chi connectivity index (χ0) is 25.5. The molecule has 4 unspecified atom stereocenters. The van der Waals surface area contributed by atoms with E-state index in [0.717, 1.165) is 24.0 Å². The van der Waals surface area contributed by atoms with Crippen molar-refractivity contribution in [2.75, 3.05) is 11.5 Å². The number of amides is 2. The van der Waals surface area contributed by atoms with E-state index in [1.54, 1.807) is 59.8 Å². The lowest BCUT2D eigenvalue weighted by Gasteiger charge is -2.33. The minimum atomic E-state index is -0.875. The van der Waals surface area contributed by atoms with Crippen LogP contribution in [0.2, 0.25) is 0 Å². The number of ether oxygens (including phenoxy) is 1. The van der Waals surface area contributed by atoms with Crippen molar-refractivity contribution in [2.45, 2.75) is 31.8 Å². The zero-order valence-electron chi connectivity index (χ0n) is 20.5. The number of ketones is 1. The van der Waals surface area contributed by atoms with Gasteiger partial charge in [-0.05, 0) is 41.8 Å². The SMILES string of the molecule is CCCCOc1ccc(N2C(=O)C3C(C2=O)C2c4ccccc4C=NN2C3C(=O)c2ccccc2)cc1. The van der Waals surface area contributed by atoms with Gasteiger partial charge in [0, 0.05) is 5.56 Å². The van der Waals surface area contributed by atoms with Crippen molar-refractivity contribution in [3.8, 4) is 5.75 Å². The Labute approximate surface area is 215 Å². The first-order chi connectivity index (χ1) is 18.1. The lowest BCUT2D eigenvalue weighted by Crippen LogP contribution is -2.44. The van der Waals surface area contributed by atoms with E-state index in [2.05, 4.69) is 12.0 Å². The van der Waals surface area contributed by atoms with E-state index in [4.69, 9.17) is 4.74 Å². The minimum absolute atomic E-state index is 0.211. The second-order valence-electron chi connectivity index (χ2n) is 9.63. The minimum Gasteiger partial charge on any atom is -0.494 e. The third kappa shape index (κ3) is 3.73. The number of carbonyl (C=O) groups excluding carboxylic acids is 3. The average molecular weight is 494 g/mol. The topological polar surface area (TPSA) is 79.3 Å². The molecule has 2 saturated heterocycles. The van der Waals surface area contributed by atoms with E-state index in [1.165, 1.54) is 4.90 Å². The molecular weight excluding hydrogens is 466 g/mol. The van der Waals surface area contributed by atoms with Crippen molar-refractivity contribution in [3.63, 3.8) is 0 Å². The number of anilines is 1. The van der Waals surface area contributed by atoms with Gasteiger partial charge in [0.25, 0.3) is 0 Å². The van der Waals surface area contributed by atoms with Crippen LogP contribution in [0.25, 0.3) is 0 Å². The van der Waals surface area contributed by atoms with E-state index in [0.29, 0.717) is 23.6 Å². The Bertz CT molecular complexity index is 1390. The second kappa shape index (κ2) is 9.32. The molecule has 3 aromatic carbocycles. The van der Waals surface area contributed by atoms with E-state index < -0.39 is 23.9 Å². The molecular formula is C30H27N3O4. The molecule has 2 amide bonds. The molecule has 3 aliphatic rings. The largest absolute Gasteiger partial charge is 0.494 e. The average Bonchev–Trinajstić information content (AvgIpc) is 3.41. The normalized spacial score (nSPS) is 23.6. The summed E-state index contributed by atoms with van der Waals surface area (Å²) in [6.45, 7) is 2.71. The Morgan fingerprint density at radius 1 is 0.892 bits per heavy atom. The van der Waals surface area contributed by atoms with Crippen LogP contribution >= 0.6 is 0 Å². The quantitative estimate of drug-likeness (QED) is 0.273. The Morgan fingerprint density at radius 2 is 1.59 bits per heavy atom. The number of hydrogen-bond acceptors (Lipinski definition) is 6. The van der Waals surface area contributed by atoms with Gasteiger partial charge in [-0.3, -0.25) is 19.4 Å². The highest BCUT2D eigenvalue weighted by Crippen LogP contribution is 2.53. The number of benzene rings is 3. The summed E-state index contributed by atoms with van der Waals surface area (Å²) in [5.41, 5.74) is 2.77. The van der Waals surface area contributed by atoms with Crippen molar-refractivity contribution in [3.05, 3.63) is 95.6 Å². The summed E-state index contributed by atoms with van der Waals surface area (Å²) in [4.78, 5) is 42.9. The van der Waals surface area contributed by atoms with Crippen LogP contribution in [0.3, 0.4) is 0 Å². The third-order valence-electron chi connectivity index (χ3n) is 7.48. The number of unbranched alkanes of at least 4 members (excludes halogenated alkanes) is 1. The van der Waals surface area contributed by atoms with E-state index in [9.17, 15) is 14.4 Å². The molecule has 0 radical (unpaired) electrons. The number of Topliss-reactive ketones (excluding diaryl/α,β-unsaturated/α-hetero) is 1. The Morgan fingerprint density at radius 3 is 2.35 bits per heavy atom. The number of hydrazone groups is 1. The molecule has 0 aliphatic carbocycles. The van der Waals surface area contributed by atoms with Gasteiger partial charge in [-0.25, -0.2) is 4.90 Å². The molecule has 2 fully saturated rings. The van der Waals surface area contributed by atoms with Crippen LogP contribution in [0.5, 0.6) is 5.75 Å². The molecule has 6 rings (SSSR count). The molecule has 3 aliphatic heterocycles. The fourth-order valence-electron chi connectivity index (χ4n) is 5.72. The van der Waals surface area contributed by atoms with Crippen LogP contribution in [0.15, 0.2) is 84.0 Å². The number of carbonyl (C=O) groups is 3. The third-order valence-corrected chi connectivity index (χ3v) is 7.48. The first-order valence-electron chi connectivity index (χ1n) is 12.7. The van der Waals surface area contributed by atoms with E-state index in [-0.39, 0.29) is 17.6 Å². The highest BCUT2D eigenvalue weighted by Gasteiger charge is 2.65. The molecule has 186 valence electrons. The van der Waals surface area contributed by atoms with E-state index in [1.807, 2.05) is 30.3 Å². The van der Waals surface area contributed by atoms with Crippen LogP contribution in [0.4, 0.5) is 5.69 Å². The number of rotatable bonds is 7. The van der Waals surface area contributed by atoms with Crippen molar-refractivity contribution >= 4 is 29.5 Å². The summed E-state index contributed by atoms with van der Waals surface area (Å²) < 4.78 is 5.74. The lowest BCUT2D eigenvalue weighted by molar-refractivity contribution is -0.124. The monoisotopic (exact) mass is 493 g/mol. The van der Waals surface area contributed by atoms with Crippen LogP contribution in [-0.2, 0) is 9.59 Å². The summed E-state index contributed by atoms with van der Waals surface area (Å²) in [6.07, 6.45) is 3.70. The fraction of sp³-hybridized carbons (Fsp3) is 0.267. The van der Waals surface area contributed by atoms with Crippen LogP contribution < -0.4 is 9.64 Å². The molecule has 0 bridgehead atoms. The zero-order valence-corrected chi connectivity index (χ0v) is 20.5. The summed E-state index contributed by atoms with van der Waals surface area (Å²) in [6, 6.07) is 22.3. The molecule has 7 nitrogen and oxygen atoms in total. The summed E-state index contributed by atoms with van der Waals surface area (Å²) in [5.74, 6) is -1.75. The standard InChI is InChI=1S/C30H27N3O4/c1-2-3-17-37-22-15-13-21(14-16-22)32-29(35)24-25(30(32)36)27(28(34)19-9-5-4-6-10-19)33-26(24)23-12-8-7-11-20(23)18-31-33/h4-16,18,24-27H,2-3,17H2,1H3. The van der Waals surface area contributed by atoms with Gasteiger partial charge < -0.3 is 4.74 Å². The highest BCUT2D eigenvalue weighted by atomic mass is 16.5. The predicted octanol–water partition coefficient (Wildman–Crippen LogP) is 4.63. The van der Waals surface area contributed by atoms with Gasteiger partial charge in [-0.2, -0.15) is 5.10 Å². The summed E-state index contributed by atoms with van der Waals surface area (Å²) >= 11 is 0. The highest BCUT2D eigenvalue weighted by molar-refractivity contribution is 6.24. The molecule has 0 N–H and O–H groups in total. The number of fused-ring (bicyclic) bond motifs is 5. The molecule has 3 heterocycles. The maximum absolute atomic E-state index is 13.9. The number of hydrogen-bond donors (Lipinski definition) is 0. The van der Waals surface area contributed by atoms with Crippen LogP contribution in [-0.4, -0.2) is 41.5 Å². The van der Waals surface area contributed by atoms with Gasteiger partial charge >= 0.3 is 0 Å². The van der Waals surface area contributed by atoms with Crippen molar-refractivity contribution in [1.82, 2.24) is 5.01 Å². The van der Waals surface area contributed by atoms with Gasteiger partial charge in [-0.15, -0.1) is 0 Å². The van der Waals surface area contributed by atoms with Gasteiger partial charge in [0.15, 0.2) is 5.78 Å². The van der Waals surface area contributed by atoms with Gasteiger partial charge in [0.2, 0.25) is 11.8 Å². The molecule has 7 heteroatoms. The summed E-state index contributed by atoms with van der Waals surface area (Å²) in [5, 5.41) is 6.29. The van der Waals surface area contributed by atoms with Gasteiger partial charge in [0.1, 0.15) is 11.8 Å². The maximum Gasteiger partial charge on any atom is 0.240 e. The smallest absolute Gasteiger partial charge is 0.240 e. The Balaban J connectivity index is 1.39. The maximum atomic E-state index is 13.9. The van der Waals surface area contributed by atoms with Crippen molar-refractivity contribution in [1.29, 1.82) is 0 Å². The molecule has 0 aromatic heterocycles.